The number of halogens is 9. The van der Waals surface area contributed by atoms with Crippen LogP contribution < -0.4 is 14.5 Å². The molecule has 0 spiro atoms. The van der Waals surface area contributed by atoms with Crippen LogP contribution in [0.2, 0.25) is 0 Å². The van der Waals surface area contributed by atoms with Gasteiger partial charge in [0.05, 0.1) is 34.8 Å². The Morgan fingerprint density at radius 3 is 1.92 bits per heavy atom. The molecule has 0 atom stereocenters. The monoisotopic (exact) mass is 740 g/mol. The number of sulfone groups is 1. The van der Waals surface area contributed by atoms with Crippen LogP contribution in [0, 0.1) is 5.92 Å². The summed E-state index contributed by atoms with van der Waals surface area (Å²) in [6, 6.07) is 4.55. The summed E-state index contributed by atoms with van der Waals surface area (Å²) >= 11 is 0. The van der Waals surface area contributed by atoms with Gasteiger partial charge in [-0.2, -0.15) is 39.5 Å². The van der Waals surface area contributed by atoms with Crippen molar-refractivity contribution >= 4 is 21.5 Å². The number of nitrogens with zero attached hydrogens (tertiary/aromatic N) is 4. The Labute approximate surface area is 284 Å². The SMILES string of the molecule is CCN(CC1CCCC1)c1ccc(C(F)(F)F)cc1CN(CCc1cc(C(F)(F)F)cc(C(F)(F)F)c1)c1ncc(OCCS(C)(=O)=O)cn1. The summed E-state index contributed by atoms with van der Waals surface area (Å²) in [7, 11) is -3.34. The van der Waals surface area contributed by atoms with Crippen LogP contribution in [0.1, 0.15) is 60.4 Å². The van der Waals surface area contributed by atoms with Gasteiger partial charge in [-0.3, -0.25) is 0 Å². The number of alkyl halides is 9. The fourth-order valence-electron chi connectivity index (χ4n) is 5.84. The summed E-state index contributed by atoms with van der Waals surface area (Å²) in [5.74, 6) is 0.0120. The maximum Gasteiger partial charge on any atom is 0.416 e. The molecule has 0 aliphatic heterocycles. The topological polar surface area (TPSA) is 75.6 Å². The Hall–Kier alpha value is -3.76. The minimum atomic E-state index is -5.07. The molecule has 3 aromatic rings. The lowest BCUT2D eigenvalue weighted by atomic mass is 10.0. The number of hydrogen-bond donors (Lipinski definition) is 0. The fraction of sp³-hybridized carbons (Fsp3) is 0.515. The Morgan fingerprint density at radius 2 is 1.40 bits per heavy atom. The summed E-state index contributed by atoms with van der Waals surface area (Å²) in [5, 5.41) is 0. The maximum absolute atomic E-state index is 13.9. The van der Waals surface area contributed by atoms with Gasteiger partial charge in [0.25, 0.3) is 0 Å². The van der Waals surface area contributed by atoms with Crippen molar-refractivity contribution in [1.82, 2.24) is 9.97 Å². The molecule has 1 aliphatic rings. The highest BCUT2D eigenvalue weighted by Crippen LogP contribution is 2.38. The van der Waals surface area contributed by atoms with Gasteiger partial charge in [-0.1, -0.05) is 12.8 Å². The minimum absolute atomic E-state index is 0.0193. The molecule has 276 valence electrons. The summed E-state index contributed by atoms with van der Waals surface area (Å²) in [6.45, 7) is 2.15. The molecule has 1 heterocycles. The van der Waals surface area contributed by atoms with Crippen LogP contribution in [0.3, 0.4) is 0 Å². The van der Waals surface area contributed by atoms with Crippen LogP contribution in [0.5, 0.6) is 5.75 Å². The predicted molar refractivity (Wildman–Crippen MR) is 170 cm³/mol. The van der Waals surface area contributed by atoms with E-state index in [1.165, 1.54) is 23.4 Å². The number of ether oxygens (including phenoxy) is 1. The molecule has 50 heavy (non-hydrogen) atoms. The third-order valence-electron chi connectivity index (χ3n) is 8.38. The molecular weight excluding hydrogens is 703 g/mol. The van der Waals surface area contributed by atoms with Crippen molar-refractivity contribution in [2.24, 2.45) is 5.92 Å². The average molecular weight is 741 g/mol. The zero-order chi connectivity index (χ0) is 36.9. The van der Waals surface area contributed by atoms with Crippen molar-refractivity contribution in [2.45, 2.75) is 64.1 Å². The van der Waals surface area contributed by atoms with Gasteiger partial charge in [0.2, 0.25) is 5.95 Å². The number of benzene rings is 2. The lowest BCUT2D eigenvalue weighted by Gasteiger charge is -2.31. The summed E-state index contributed by atoms with van der Waals surface area (Å²) in [4.78, 5) is 11.8. The molecule has 1 aromatic heterocycles. The third-order valence-corrected chi connectivity index (χ3v) is 9.29. The fourth-order valence-corrected chi connectivity index (χ4v) is 6.23. The molecule has 1 fully saturated rings. The minimum Gasteiger partial charge on any atom is -0.489 e. The van der Waals surface area contributed by atoms with Gasteiger partial charge in [0, 0.05) is 38.1 Å². The van der Waals surface area contributed by atoms with E-state index in [-0.39, 0.29) is 60.8 Å². The molecule has 1 aliphatic carbocycles. The summed E-state index contributed by atoms with van der Waals surface area (Å²) < 4.78 is 152. The van der Waals surface area contributed by atoms with Crippen LogP contribution >= 0.6 is 0 Å². The van der Waals surface area contributed by atoms with Crippen molar-refractivity contribution in [3.63, 3.8) is 0 Å². The summed E-state index contributed by atoms with van der Waals surface area (Å²) in [6.07, 6.45) is -7.77. The Morgan fingerprint density at radius 1 is 0.820 bits per heavy atom. The Bertz CT molecular complexity index is 1660. The molecular formula is C33H37F9N4O3S. The van der Waals surface area contributed by atoms with E-state index < -0.39 is 45.1 Å². The molecule has 0 amide bonds. The van der Waals surface area contributed by atoms with Crippen molar-refractivity contribution in [2.75, 3.05) is 48.0 Å². The van der Waals surface area contributed by atoms with Crippen LogP contribution in [0.4, 0.5) is 51.1 Å². The van der Waals surface area contributed by atoms with Gasteiger partial charge in [0.1, 0.15) is 6.61 Å². The van der Waals surface area contributed by atoms with Crippen LogP contribution in [0.25, 0.3) is 0 Å². The average Bonchev–Trinajstić information content (AvgIpc) is 3.53. The second-order valence-corrected chi connectivity index (χ2v) is 14.6. The highest BCUT2D eigenvalue weighted by molar-refractivity contribution is 7.90. The van der Waals surface area contributed by atoms with Crippen molar-refractivity contribution in [3.8, 4) is 5.75 Å². The van der Waals surface area contributed by atoms with Crippen molar-refractivity contribution < 1.29 is 52.7 Å². The van der Waals surface area contributed by atoms with Crippen LogP contribution in [-0.4, -0.2) is 56.6 Å². The van der Waals surface area contributed by atoms with Gasteiger partial charge in [-0.15, -0.1) is 0 Å². The van der Waals surface area contributed by atoms with Crippen molar-refractivity contribution in [3.05, 3.63) is 76.6 Å². The third kappa shape index (κ3) is 11.1. The first-order chi connectivity index (χ1) is 23.2. The zero-order valence-electron chi connectivity index (χ0n) is 27.3. The second kappa shape index (κ2) is 15.6. The number of rotatable bonds is 14. The van der Waals surface area contributed by atoms with E-state index in [0.29, 0.717) is 36.8 Å². The molecule has 0 N–H and O–H groups in total. The molecule has 0 radical (unpaired) electrons. The van der Waals surface area contributed by atoms with E-state index in [4.69, 9.17) is 4.74 Å². The first-order valence-corrected chi connectivity index (χ1v) is 17.9. The molecule has 4 rings (SSSR count). The molecule has 0 bridgehead atoms. The molecule has 2 aromatic carbocycles. The van der Waals surface area contributed by atoms with Crippen LogP contribution in [0.15, 0.2) is 48.8 Å². The number of hydrogen-bond acceptors (Lipinski definition) is 7. The van der Waals surface area contributed by atoms with E-state index >= 15 is 0 Å². The summed E-state index contributed by atoms with van der Waals surface area (Å²) in [5.41, 5.74) is -3.53. The van der Waals surface area contributed by atoms with Gasteiger partial charge in [-0.25, -0.2) is 18.4 Å². The standard InChI is InChI=1S/C33H37F9N4O3S/c1-3-45(20-22-6-4-5-7-22)29-9-8-25(31(34,35)36)16-24(29)21-46(30-43-18-28(19-44-30)49-12-13-50(2,47)48)11-10-23-14-26(32(37,38)39)17-27(15-23)33(40,41)42/h8-9,14-19,22H,3-7,10-13,20-21H2,1-2H3. The highest BCUT2D eigenvalue weighted by atomic mass is 32.2. The smallest absolute Gasteiger partial charge is 0.416 e. The maximum atomic E-state index is 13.9. The largest absolute Gasteiger partial charge is 0.489 e. The molecule has 7 nitrogen and oxygen atoms in total. The van der Waals surface area contributed by atoms with E-state index in [0.717, 1.165) is 44.1 Å². The van der Waals surface area contributed by atoms with Crippen LogP contribution in [-0.2, 0) is 41.3 Å². The highest BCUT2D eigenvalue weighted by Gasteiger charge is 2.37. The molecule has 0 saturated heterocycles. The van der Waals surface area contributed by atoms with Crippen molar-refractivity contribution in [1.29, 1.82) is 0 Å². The first-order valence-electron chi connectivity index (χ1n) is 15.8. The number of aromatic nitrogens is 2. The molecule has 17 heteroatoms. The van der Waals surface area contributed by atoms with Gasteiger partial charge < -0.3 is 14.5 Å². The lowest BCUT2D eigenvalue weighted by molar-refractivity contribution is -0.143. The van der Waals surface area contributed by atoms with Gasteiger partial charge >= 0.3 is 18.5 Å². The van der Waals surface area contributed by atoms with E-state index in [1.807, 2.05) is 11.8 Å². The molecule has 1 saturated carbocycles. The lowest BCUT2D eigenvalue weighted by Crippen LogP contribution is -2.32. The van der Waals surface area contributed by atoms with Gasteiger partial charge in [0.15, 0.2) is 15.6 Å². The Kier molecular flexibility index (Phi) is 12.2. The second-order valence-electron chi connectivity index (χ2n) is 12.3. The van der Waals surface area contributed by atoms with Gasteiger partial charge in [-0.05, 0) is 79.6 Å². The normalized spacial score (nSPS) is 14.6. The quantitative estimate of drug-likeness (QED) is 0.154. The van der Waals surface area contributed by atoms with E-state index in [9.17, 15) is 47.9 Å². The predicted octanol–water partition coefficient (Wildman–Crippen LogP) is 8.22. The first kappa shape index (κ1) is 39.0. The van der Waals surface area contributed by atoms with E-state index in [2.05, 4.69) is 9.97 Å². The number of anilines is 2. The Balaban J connectivity index is 1.73. The van der Waals surface area contributed by atoms with E-state index in [1.54, 1.807) is 0 Å². The molecule has 0 unspecified atom stereocenters. The zero-order valence-corrected chi connectivity index (χ0v) is 28.1.